The van der Waals surface area contributed by atoms with Crippen LogP contribution in [0.4, 0.5) is 4.79 Å². The minimum absolute atomic E-state index is 0.200. The molecule has 0 aliphatic carbocycles. The Morgan fingerprint density at radius 2 is 2.39 bits per heavy atom. The van der Waals surface area contributed by atoms with Gasteiger partial charge in [-0.3, -0.25) is 0 Å². The SMILES string of the molecule is O=C(O)N[C@@H](c1cccc(Cl)c1)[C@@H]1CCCNC1. The van der Waals surface area contributed by atoms with Crippen LogP contribution in [0, 0.1) is 5.92 Å². The van der Waals surface area contributed by atoms with Gasteiger partial charge in [-0.05, 0) is 43.0 Å². The average Bonchev–Trinajstić information content (AvgIpc) is 2.37. The lowest BCUT2D eigenvalue weighted by Crippen LogP contribution is -2.40. The van der Waals surface area contributed by atoms with Crippen molar-refractivity contribution in [1.29, 1.82) is 0 Å². The van der Waals surface area contributed by atoms with Crippen LogP contribution in [0.3, 0.4) is 0 Å². The number of carboxylic acid groups (broad SMARTS) is 1. The van der Waals surface area contributed by atoms with Gasteiger partial charge in [0.25, 0.3) is 0 Å². The predicted molar refractivity (Wildman–Crippen MR) is 70.9 cm³/mol. The first-order valence-corrected chi connectivity index (χ1v) is 6.50. The number of piperidine rings is 1. The van der Waals surface area contributed by atoms with Crippen molar-refractivity contribution in [2.75, 3.05) is 13.1 Å². The van der Waals surface area contributed by atoms with Gasteiger partial charge in [-0.1, -0.05) is 23.7 Å². The fourth-order valence-corrected chi connectivity index (χ4v) is 2.67. The molecular formula is C13H17ClN2O2. The Labute approximate surface area is 111 Å². The largest absolute Gasteiger partial charge is 0.465 e. The molecule has 5 heteroatoms. The zero-order chi connectivity index (χ0) is 13.0. The molecule has 3 N–H and O–H groups in total. The fraction of sp³-hybridized carbons (Fsp3) is 0.462. The van der Waals surface area contributed by atoms with E-state index < -0.39 is 6.09 Å². The molecule has 2 rings (SSSR count). The third-order valence-corrected chi connectivity index (χ3v) is 3.53. The Kier molecular flexibility index (Phi) is 4.44. The van der Waals surface area contributed by atoms with Gasteiger partial charge in [-0.15, -0.1) is 0 Å². The van der Waals surface area contributed by atoms with E-state index in [4.69, 9.17) is 16.7 Å². The Morgan fingerprint density at radius 1 is 1.56 bits per heavy atom. The topological polar surface area (TPSA) is 61.4 Å². The lowest BCUT2D eigenvalue weighted by atomic mass is 9.87. The number of rotatable bonds is 3. The highest BCUT2D eigenvalue weighted by atomic mass is 35.5. The van der Waals surface area contributed by atoms with E-state index in [1.165, 1.54) is 0 Å². The number of amides is 1. The van der Waals surface area contributed by atoms with Crippen LogP contribution in [-0.2, 0) is 0 Å². The van der Waals surface area contributed by atoms with Gasteiger partial charge in [0.2, 0.25) is 0 Å². The molecule has 2 atom stereocenters. The van der Waals surface area contributed by atoms with Crippen LogP contribution in [0.5, 0.6) is 0 Å². The molecule has 1 aliphatic rings. The highest BCUT2D eigenvalue weighted by Gasteiger charge is 2.26. The monoisotopic (exact) mass is 268 g/mol. The molecule has 1 aromatic rings. The van der Waals surface area contributed by atoms with Crippen molar-refractivity contribution in [2.24, 2.45) is 5.92 Å². The third-order valence-electron chi connectivity index (χ3n) is 3.29. The van der Waals surface area contributed by atoms with E-state index >= 15 is 0 Å². The molecule has 1 aliphatic heterocycles. The van der Waals surface area contributed by atoms with Gasteiger partial charge < -0.3 is 15.7 Å². The number of nitrogens with one attached hydrogen (secondary N) is 2. The predicted octanol–water partition coefficient (Wildman–Crippen LogP) is 2.65. The van der Waals surface area contributed by atoms with Crippen LogP contribution in [-0.4, -0.2) is 24.3 Å². The number of benzene rings is 1. The maximum atomic E-state index is 10.9. The van der Waals surface area contributed by atoms with Crippen molar-refractivity contribution < 1.29 is 9.90 Å². The molecule has 1 fully saturated rings. The first-order valence-electron chi connectivity index (χ1n) is 6.12. The van der Waals surface area contributed by atoms with Crippen LogP contribution < -0.4 is 10.6 Å². The van der Waals surface area contributed by atoms with E-state index in [0.717, 1.165) is 31.5 Å². The molecule has 0 aromatic heterocycles. The van der Waals surface area contributed by atoms with E-state index in [-0.39, 0.29) is 12.0 Å². The summed E-state index contributed by atoms with van der Waals surface area (Å²) in [5.41, 5.74) is 0.929. The van der Waals surface area contributed by atoms with Crippen LogP contribution in [0.2, 0.25) is 5.02 Å². The molecule has 4 nitrogen and oxygen atoms in total. The van der Waals surface area contributed by atoms with Gasteiger partial charge in [-0.2, -0.15) is 0 Å². The molecule has 0 spiro atoms. The molecular weight excluding hydrogens is 252 g/mol. The Hall–Kier alpha value is -1.26. The molecule has 0 bridgehead atoms. The van der Waals surface area contributed by atoms with Gasteiger partial charge in [0.1, 0.15) is 0 Å². The van der Waals surface area contributed by atoms with Crippen molar-refractivity contribution in [1.82, 2.24) is 10.6 Å². The van der Waals surface area contributed by atoms with Crippen LogP contribution in [0.15, 0.2) is 24.3 Å². The zero-order valence-corrected chi connectivity index (χ0v) is 10.8. The Balaban J connectivity index is 2.20. The van der Waals surface area contributed by atoms with Crippen molar-refractivity contribution in [3.63, 3.8) is 0 Å². The first kappa shape index (κ1) is 13.2. The molecule has 1 amide bonds. The molecule has 1 heterocycles. The average molecular weight is 269 g/mol. The standard InChI is InChI=1S/C13H17ClN2O2/c14-11-5-1-3-9(7-11)12(16-13(17)18)10-4-2-6-15-8-10/h1,3,5,7,10,12,15-16H,2,4,6,8H2,(H,17,18)/t10-,12+/m1/s1. The van der Waals surface area contributed by atoms with Gasteiger partial charge in [0.05, 0.1) is 6.04 Å². The maximum Gasteiger partial charge on any atom is 0.405 e. The van der Waals surface area contributed by atoms with Gasteiger partial charge in [0, 0.05) is 11.6 Å². The molecule has 0 radical (unpaired) electrons. The third kappa shape index (κ3) is 3.37. The van der Waals surface area contributed by atoms with Crippen molar-refractivity contribution in [3.05, 3.63) is 34.9 Å². The normalized spacial score (nSPS) is 21.3. The fourth-order valence-electron chi connectivity index (χ4n) is 2.47. The summed E-state index contributed by atoms with van der Waals surface area (Å²) in [6, 6.07) is 7.19. The molecule has 1 saturated heterocycles. The lowest BCUT2D eigenvalue weighted by Gasteiger charge is -2.31. The minimum Gasteiger partial charge on any atom is -0.465 e. The quantitative estimate of drug-likeness (QED) is 0.790. The van der Waals surface area contributed by atoms with E-state index in [9.17, 15) is 4.79 Å². The lowest BCUT2D eigenvalue weighted by molar-refractivity contribution is 0.180. The van der Waals surface area contributed by atoms with Crippen LogP contribution in [0.25, 0.3) is 0 Å². The summed E-state index contributed by atoms with van der Waals surface area (Å²) in [5.74, 6) is 0.272. The summed E-state index contributed by atoms with van der Waals surface area (Å²) in [4.78, 5) is 10.9. The van der Waals surface area contributed by atoms with E-state index in [1.807, 2.05) is 18.2 Å². The van der Waals surface area contributed by atoms with Gasteiger partial charge in [0.15, 0.2) is 0 Å². The van der Waals surface area contributed by atoms with Gasteiger partial charge in [-0.25, -0.2) is 4.79 Å². The molecule has 98 valence electrons. The van der Waals surface area contributed by atoms with Gasteiger partial charge >= 0.3 is 6.09 Å². The summed E-state index contributed by atoms with van der Waals surface area (Å²) < 4.78 is 0. The summed E-state index contributed by atoms with van der Waals surface area (Å²) in [5, 5.41) is 15.5. The summed E-state index contributed by atoms with van der Waals surface area (Å²) in [7, 11) is 0. The van der Waals surface area contributed by atoms with E-state index in [2.05, 4.69) is 10.6 Å². The second-order valence-corrected chi connectivity index (χ2v) is 5.03. The maximum absolute atomic E-state index is 10.9. The first-order chi connectivity index (χ1) is 8.66. The molecule has 0 unspecified atom stereocenters. The second-order valence-electron chi connectivity index (χ2n) is 4.59. The number of carbonyl (C=O) groups is 1. The number of hydrogen-bond acceptors (Lipinski definition) is 2. The van der Waals surface area contributed by atoms with Crippen LogP contribution >= 0.6 is 11.6 Å². The highest BCUT2D eigenvalue weighted by molar-refractivity contribution is 6.30. The number of hydrogen-bond donors (Lipinski definition) is 3. The molecule has 18 heavy (non-hydrogen) atoms. The number of halogens is 1. The summed E-state index contributed by atoms with van der Waals surface area (Å²) in [6.45, 7) is 1.84. The Bertz CT molecular complexity index is 419. The molecule has 0 saturated carbocycles. The second kappa shape index (κ2) is 6.07. The minimum atomic E-state index is -0.995. The summed E-state index contributed by atoms with van der Waals surface area (Å²) in [6.07, 6.45) is 1.10. The van der Waals surface area contributed by atoms with Crippen molar-refractivity contribution >= 4 is 17.7 Å². The summed E-state index contributed by atoms with van der Waals surface area (Å²) >= 11 is 5.97. The Morgan fingerprint density at radius 3 is 3.00 bits per heavy atom. The highest BCUT2D eigenvalue weighted by Crippen LogP contribution is 2.28. The molecule has 1 aromatic carbocycles. The van der Waals surface area contributed by atoms with Crippen LogP contribution in [0.1, 0.15) is 24.4 Å². The van der Waals surface area contributed by atoms with Crippen molar-refractivity contribution in [2.45, 2.75) is 18.9 Å². The van der Waals surface area contributed by atoms with E-state index in [1.54, 1.807) is 6.07 Å². The zero-order valence-electron chi connectivity index (χ0n) is 10.0. The smallest absolute Gasteiger partial charge is 0.405 e. The van der Waals surface area contributed by atoms with Crippen molar-refractivity contribution in [3.8, 4) is 0 Å². The van der Waals surface area contributed by atoms with E-state index in [0.29, 0.717) is 5.02 Å².